The molecule has 0 heterocycles. The van der Waals surface area contributed by atoms with Gasteiger partial charge in [-0.15, -0.1) is 0 Å². The molecule has 0 aliphatic heterocycles. The molecule has 0 atom stereocenters. The molecular formula is C16H24N2. The zero-order valence-corrected chi connectivity index (χ0v) is 11.8. The SMILES string of the molecule is CN=C(c1ccccc1)N(C)C1CCC(C)CC1. The van der Waals surface area contributed by atoms with Gasteiger partial charge in [-0.3, -0.25) is 4.99 Å². The monoisotopic (exact) mass is 244 g/mol. The van der Waals surface area contributed by atoms with Crippen molar-refractivity contribution in [2.24, 2.45) is 10.9 Å². The summed E-state index contributed by atoms with van der Waals surface area (Å²) in [5, 5.41) is 0. The van der Waals surface area contributed by atoms with Crippen LogP contribution < -0.4 is 0 Å². The topological polar surface area (TPSA) is 15.6 Å². The standard InChI is InChI=1S/C16H24N2/c1-13-9-11-15(12-10-13)18(3)16(17-2)14-7-5-4-6-8-14/h4-8,13,15H,9-12H2,1-3H3. The third-order valence-corrected chi connectivity index (χ3v) is 4.11. The maximum Gasteiger partial charge on any atom is 0.130 e. The van der Waals surface area contributed by atoms with Crippen LogP contribution in [-0.2, 0) is 0 Å². The van der Waals surface area contributed by atoms with E-state index in [0.29, 0.717) is 6.04 Å². The number of amidine groups is 1. The summed E-state index contributed by atoms with van der Waals surface area (Å²) in [6.07, 6.45) is 5.29. The van der Waals surface area contributed by atoms with E-state index in [-0.39, 0.29) is 0 Å². The van der Waals surface area contributed by atoms with E-state index < -0.39 is 0 Å². The second-order valence-corrected chi connectivity index (χ2v) is 5.44. The van der Waals surface area contributed by atoms with Gasteiger partial charge in [0.25, 0.3) is 0 Å². The summed E-state index contributed by atoms with van der Waals surface area (Å²) in [5.74, 6) is 2.02. The van der Waals surface area contributed by atoms with Crippen LogP contribution in [0, 0.1) is 5.92 Å². The molecule has 2 nitrogen and oxygen atoms in total. The molecule has 0 unspecified atom stereocenters. The van der Waals surface area contributed by atoms with Gasteiger partial charge in [0.05, 0.1) is 0 Å². The highest BCUT2D eigenvalue weighted by molar-refractivity contribution is 5.98. The molecule has 1 saturated carbocycles. The van der Waals surface area contributed by atoms with Crippen molar-refractivity contribution >= 4 is 5.84 Å². The molecule has 1 aromatic rings. The molecule has 18 heavy (non-hydrogen) atoms. The minimum absolute atomic E-state index is 0.653. The van der Waals surface area contributed by atoms with Crippen molar-refractivity contribution in [1.82, 2.24) is 4.90 Å². The second kappa shape index (κ2) is 6.03. The first-order valence-electron chi connectivity index (χ1n) is 6.97. The lowest BCUT2D eigenvalue weighted by Crippen LogP contribution is -2.39. The smallest absolute Gasteiger partial charge is 0.130 e. The van der Waals surface area contributed by atoms with Gasteiger partial charge >= 0.3 is 0 Å². The highest BCUT2D eigenvalue weighted by atomic mass is 15.2. The first-order chi connectivity index (χ1) is 8.72. The summed E-state index contributed by atoms with van der Waals surface area (Å²) in [6.45, 7) is 2.36. The molecule has 0 spiro atoms. The highest BCUT2D eigenvalue weighted by Gasteiger charge is 2.23. The Morgan fingerprint density at radius 1 is 1.11 bits per heavy atom. The van der Waals surface area contributed by atoms with Gasteiger partial charge < -0.3 is 4.90 Å². The second-order valence-electron chi connectivity index (χ2n) is 5.44. The van der Waals surface area contributed by atoms with Crippen molar-refractivity contribution in [2.45, 2.75) is 38.6 Å². The third kappa shape index (κ3) is 2.92. The van der Waals surface area contributed by atoms with Crippen molar-refractivity contribution in [2.75, 3.05) is 14.1 Å². The Hall–Kier alpha value is -1.31. The van der Waals surface area contributed by atoms with Crippen LogP contribution in [0.5, 0.6) is 0 Å². The van der Waals surface area contributed by atoms with Gasteiger partial charge in [0.1, 0.15) is 5.84 Å². The summed E-state index contributed by atoms with van der Waals surface area (Å²) >= 11 is 0. The van der Waals surface area contributed by atoms with E-state index >= 15 is 0 Å². The van der Waals surface area contributed by atoms with Crippen molar-refractivity contribution in [3.8, 4) is 0 Å². The van der Waals surface area contributed by atoms with E-state index in [1.807, 2.05) is 7.05 Å². The molecule has 1 aliphatic carbocycles. The maximum absolute atomic E-state index is 4.50. The Balaban J connectivity index is 2.09. The molecule has 1 aliphatic rings. The van der Waals surface area contributed by atoms with Gasteiger partial charge in [-0.25, -0.2) is 0 Å². The normalized spacial score (nSPS) is 24.9. The fourth-order valence-corrected chi connectivity index (χ4v) is 2.88. The van der Waals surface area contributed by atoms with Crippen LogP contribution in [-0.4, -0.2) is 30.9 Å². The Morgan fingerprint density at radius 2 is 1.72 bits per heavy atom. The first-order valence-corrected chi connectivity index (χ1v) is 6.97. The zero-order chi connectivity index (χ0) is 13.0. The molecule has 2 rings (SSSR count). The molecule has 0 aromatic heterocycles. The van der Waals surface area contributed by atoms with E-state index in [1.165, 1.54) is 31.2 Å². The van der Waals surface area contributed by atoms with Crippen LogP contribution in [0.4, 0.5) is 0 Å². The average Bonchev–Trinajstić information content (AvgIpc) is 2.41. The van der Waals surface area contributed by atoms with Gasteiger partial charge in [0, 0.05) is 25.7 Å². The minimum atomic E-state index is 0.653. The van der Waals surface area contributed by atoms with E-state index in [4.69, 9.17) is 0 Å². The number of aliphatic imine (C=N–C) groups is 1. The molecule has 0 N–H and O–H groups in total. The van der Waals surface area contributed by atoms with Crippen LogP contribution in [0.2, 0.25) is 0 Å². The Morgan fingerprint density at radius 3 is 2.28 bits per heavy atom. The fourth-order valence-electron chi connectivity index (χ4n) is 2.88. The molecule has 1 fully saturated rings. The van der Waals surface area contributed by atoms with Gasteiger partial charge in [0.15, 0.2) is 0 Å². The predicted molar refractivity (Wildman–Crippen MR) is 78.1 cm³/mol. The fraction of sp³-hybridized carbons (Fsp3) is 0.562. The van der Waals surface area contributed by atoms with Gasteiger partial charge in [-0.2, -0.15) is 0 Å². The van der Waals surface area contributed by atoms with Gasteiger partial charge in [0.2, 0.25) is 0 Å². The molecular weight excluding hydrogens is 220 g/mol. The molecule has 1 aromatic carbocycles. The number of rotatable bonds is 2. The van der Waals surface area contributed by atoms with Crippen LogP contribution in [0.15, 0.2) is 35.3 Å². The Labute approximate surface area is 111 Å². The highest BCUT2D eigenvalue weighted by Crippen LogP contribution is 2.27. The minimum Gasteiger partial charge on any atom is -0.357 e. The van der Waals surface area contributed by atoms with E-state index in [1.54, 1.807) is 0 Å². The molecule has 98 valence electrons. The van der Waals surface area contributed by atoms with Crippen LogP contribution in [0.25, 0.3) is 0 Å². The number of nitrogens with zero attached hydrogens (tertiary/aromatic N) is 2. The van der Waals surface area contributed by atoms with Crippen LogP contribution >= 0.6 is 0 Å². The molecule has 0 amide bonds. The largest absolute Gasteiger partial charge is 0.357 e. The third-order valence-electron chi connectivity index (χ3n) is 4.11. The number of hydrogen-bond acceptors (Lipinski definition) is 1. The molecule has 0 radical (unpaired) electrons. The average molecular weight is 244 g/mol. The lowest BCUT2D eigenvalue weighted by atomic mass is 9.86. The van der Waals surface area contributed by atoms with Crippen molar-refractivity contribution < 1.29 is 0 Å². The molecule has 2 heteroatoms. The lowest BCUT2D eigenvalue weighted by molar-refractivity contribution is 0.239. The molecule has 0 saturated heterocycles. The van der Waals surface area contributed by atoms with Crippen molar-refractivity contribution in [1.29, 1.82) is 0 Å². The maximum atomic E-state index is 4.50. The summed E-state index contributed by atoms with van der Waals surface area (Å²) in [4.78, 5) is 6.87. The van der Waals surface area contributed by atoms with Gasteiger partial charge in [-0.05, 0) is 31.6 Å². The van der Waals surface area contributed by atoms with Gasteiger partial charge in [-0.1, -0.05) is 37.3 Å². The van der Waals surface area contributed by atoms with Crippen LogP contribution in [0.1, 0.15) is 38.2 Å². The Bertz CT molecular complexity index is 389. The first kappa shape index (κ1) is 13.1. The van der Waals surface area contributed by atoms with E-state index in [0.717, 1.165) is 11.8 Å². The summed E-state index contributed by atoms with van der Waals surface area (Å²) < 4.78 is 0. The van der Waals surface area contributed by atoms with E-state index in [2.05, 4.69) is 54.2 Å². The van der Waals surface area contributed by atoms with Crippen molar-refractivity contribution in [3.05, 3.63) is 35.9 Å². The predicted octanol–water partition coefficient (Wildman–Crippen LogP) is 3.57. The molecule has 0 bridgehead atoms. The summed E-state index contributed by atoms with van der Waals surface area (Å²) in [7, 11) is 4.08. The quantitative estimate of drug-likeness (QED) is 0.573. The lowest BCUT2D eigenvalue weighted by Gasteiger charge is -2.35. The van der Waals surface area contributed by atoms with E-state index in [9.17, 15) is 0 Å². The Kier molecular flexibility index (Phi) is 4.40. The number of hydrogen-bond donors (Lipinski definition) is 0. The summed E-state index contributed by atoms with van der Waals surface area (Å²) in [5.41, 5.74) is 1.22. The number of benzene rings is 1. The summed E-state index contributed by atoms with van der Waals surface area (Å²) in [6, 6.07) is 11.2. The van der Waals surface area contributed by atoms with Crippen LogP contribution in [0.3, 0.4) is 0 Å². The van der Waals surface area contributed by atoms with Crippen molar-refractivity contribution in [3.63, 3.8) is 0 Å². The zero-order valence-electron chi connectivity index (χ0n) is 11.8.